The van der Waals surface area contributed by atoms with Crippen molar-refractivity contribution in [3.8, 4) is 11.1 Å². The van der Waals surface area contributed by atoms with Crippen molar-refractivity contribution in [1.29, 1.82) is 0 Å². The van der Waals surface area contributed by atoms with Crippen LogP contribution in [0.1, 0.15) is 24.5 Å². The summed E-state index contributed by atoms with van der Waals surface area (Å²) >= 11 is 0. The number of hydrogen-bond acceptors (Lipinski definition) is 0. The Morgan fingerprint density at radius 1 is 0.889 bits per heavy atom. The van der Waals surface area contributed by atoms with Crippen molar-refractivity contribution in [2.45, 2.75) is 26.7 Å². The van der Waals surface area contributed by atoms with Crippen LogP contribution in [0.5, 0.6) is 0 Å². The summed E-state index contributed by atoms with van der Waals surface area (Å²) in [5, 5.41) is 0. The van der Waals surface area contributed by atoms with Gasteiger partial charge < -0.3 is 0 Å². The van der Waals surface area contributed by atoms with Gasteiger partial charge in [0.2, 0.25) is 0 Å². The average Bonchev–Trinajstić information content (AvgIpc) is 2.42. The third-order valence-corrected chi connectivity index (χ3v) is 3.19. The Kier molecular flexibility index (Phi) is 4.35. The maximum absolute atomic E-state index is 2.28. The molecule has 0 aromatic heterocycles. The molecule has 0 saturated carbocycles. The summed E-state index contributed by atoms with van der Waals surface area (Å²) in [6.45, 7) is 4.36. The minimum Gasteiger partial charge on any atom is -0.0885 e. The molecule has 0 nitrogen and oxygen atoms in total. The van der Waals surface area contributed by atoms with Gasteiger partial charge in [-0.3, -0.25) is 0 Å². The Bertz CT molecular complexity index is 521. The lowest BCUT2D eigenvalue weighted by Crippen LogP contribution is -1.88. The molecule has 2 aromatic carbocycles. The first-order valence-corrected chi connectivity index (χ1v) is 6.61. The lowest BCUT2D eigenvalue weighted by atomic mass is 9.98. The third kappa shape index (κ3) is 3.10. The van der Waals surface area contributed by atoms with Crippen LogP contribution in [-0.2, 0) is 6.42 Å². The van der Waals surface area contributed by atoms with Crippen LogP contribution < -0.4 is 0 Å². The molecule has 0 heteroatoms. The van der Waals surface area contributed by atoms with Crippen molar-refractivity contribution in [3.63, 3.8) is 0 Å². The largest absolute Gasteiger partial charge is 0.0885 e. The highest BCUT2D eigenvalue weighted by atomic mass is 14.1. The summed E-state index contributed by atoms with van der Waals surface area (Å²) in [5.74, 6) is 0. The lowest BCUT2D eigenvalue weighted by Gasteiger charge is -2.07. The zero-order valence-corrected chi connectivity index (χ0v) is 11.2. The van der Waals surface area contributed by atoms with E-state index in [9.17, 15) is 0 Å². The van der Waals surface area contributed by atoms with Crippen molar-refractivity contribution < 1.29 is 0 Å². The Morgan fingerprint density at radius 2 is 1.67 bits per heavy atom. The molecule has 0 amide bonds. The summed E-state index contributed by atoms with van der Waals surface area (Å²) < 4.78 is 0. The van der Waals surface area contributed by atoms with Crippen LogP contribution in [0.2, 0.25) is 0 Å². The molecule has 2 aromatic rings. The summed E-state index contributed by atoms with van der Waals surface area (Å²) in [5.41, 5.74) is 5.38. The van der Waals surface area contributed by atoms with Crippen molar-refractivity contribution in [2.24, 2.45) is 0 Å². The number of benzene rings is 2. The first-order chi connectivity index (χ1) is 8.81. The fourth-order valence-corrected chi connectivity index (χ4v) is 2.11. The van der Waals surface area contributed by atoms with Crippen LogP contribution in [0.15, 0.2) is 60.7 Å². The quantitative estimate of drug-likeness (QED) is 0.642. The van der Waals surface area contributed by atoms with E-state index in [1.165, 1.54) is 22.3 Å². The van der Waals surface area contributed by atoms with Gasteiger partial charge in [0.25, 0.3) is 0 Å². The van der Waals surface area contributed by atoms with Gasteiger partial charge in [0.1, 0.15) is 0 Å². The smallest absolute Gasteiger partial charge is 0.00948 e. The van der Waals surface area contributed by atoms with E-state index in [-0.39, 0.29) is 0 Å². The van der Waals surface area contributed by atoms with Crippen LogP contribution in [0.25, 0.3) is 11.1 Å². The second kappa shape index (κ2) is 6.20. The van der Waals surface area contributed by atoms with Gasteiger partial charge in [-0.05, 0) is 42.0 Å². The molecule has 0 aliphatic rings. The van der Waals surface area contributed by atoms with E-state index in [2.05, 4.69) is 74.5 Å². The minimum absolute atomic E-state index is 1.04. The Morgan fingerprint density at radius 3 is 2.33 bits per heavy atom. The van der Waals surface area contributed by atoms with Gasteiger partial charge in [-0.2, -0.15) is 0 Å². The topological polar surface area (TPSA) is 0 Å². The molecular formula is C18H20. The third-order valence-electron chi connectivity index (χ3n) is 3.19. The highest BCUT2D eigenvalue weighted by Gasteiger charge is 2.00. The molecule has 0 aliphatic heterocycles. The molecule has 18 heavy (non-hydrogen) atoms. The molecule has 0 aliphatic carbocycles. The van der Waals surface area contributed by atoms with Crippen LogP contribution in [-0.4, -0.2) is 0 Å². The predicted molar refractivity (Wildman–Crippen MR) is 79.8 cm³/mol. The van der Waals surface area contributed by atoms with Crippen LogP contribution in [0.3, 0.4) is 0 Å². The van der Waals surface area contributed by atoms with Crippen LogP contribution >= 0.6 is 0 Å². The molecule has 0 saturated heterocycles. The van der Waals surface area contributed by atoms with Crippen molar-refractivity contribution >= 4 is 0 Å². The SMILES string of the molecule is CC/C=C/Cc1ccc(-c2ccccc2)cc1C. The Hall–Kier alpha value is -1.82. The summed E-state index contributed by atoms with van der Waals surface area (Å²) in [7, 11) is 0. The molecule has 0 spiro atoms. The highest BCUT2D eigenvalue weighted by molar-refractivity contribution is 5.64. The fraction of sp³-hybridized carbons (Fsp3) is 0.222. The number of aryl methyl sites for hydroxylation is 1. The van der Waals surface area contributed by atoms with E-state index in [4.69, 9.17) is 0 Å². The molecule has 2 rings (SSSR count). The monoisotopic (exact) mass is 236 g/mol. The number of allylic oxidation sites excluding steroid dienone is 2. The molecule has 0 atom stereocenters. The van der Waals surface area contributed by atoms with Gasteiger partial charge in [-0.15, -0.1) is 0 Å². The average molecular weight is 236 g/mol. The Labute approximate surface area is 110 Å². The van der Waals surface area contributed by atoms with E-state index in [1.807, 2.05) is 0 Å². The highest BCUT2D eigenvalue weighted by Crippen LogP contribution is 2.22. The number of hydrogen-bond donors (Lipinski definition) is 0. The maximum Gasteiger partial charge on any atom is -0.00948 e. The molecule has 0 N–H and O–H groups in total. The zero-order chi connectivity index (χ0) is 12.8. The van der Waals surface area contributed by atoms with Gasteiger partial charge in [0, 0.05) is 0 Å². The molecule has 0 fully saturated rings. The van der Waals surface area contributed by atoms with Gasteiger partial charge >= 0.3 is 0 Å². The van der Waals surface area contributed by atoms with E-state index in [1.54, 1.807) is 0 Å². The molecule has 0 unspecified atom stereocenters. The van der Waals surface area contributed by atoms with Crippen LogP contribution in [0.4, 0.5) is 0 Å². The zero-order valence-electron chi connectivity index (χ0n) is 11.2. The molecule has 0 heterocycles. The van der Waals surface area contributed by atoms with E-state index >= 15 is 0 Å². The maximum atomic E-state index is 2.28. The predicted octanol–water partition coefficient (Wildman–Crippen LogP) is 5.17. The van der Waals surface area contributed by atoms with Gasteiger partial charge in [-0.1, -0.05) is 67.6 Å². The second-order valence-corrected chi connectivity index (χ2v) is 4.59. The molecule has 92 valence electrons. The fourth-order valence-electron chi connectivity index (χ4n) is 2.11. The van der Waals surface area contributed by atoms with Crippen LogP contribution in [0, 0.1) is 6.92 Å². The summed E-state index contributed by atoms with van der Waals surface area (Å²) in [6.07, 6.45) is 6.63. The van der Waals surface area contributed by atoms with Crippen molar-refractivity contribution in [2.75, 3.05) is 0 Å². The first-order valence-electron chi connectivity index (χ1n) is 6.61. The van der Waals surface area contributed by atoms with E-state index in [0.29, 0.717) is 0 Å². The summed E-state index contributed by atoms with van der Waals surface area (Å²) in [6, 6.07) is 17.3. The van der Waals surface area contributed by atoms with E-state index < -0.39 is 0 Å². The van der Waals surface area contributed by atoms with Crippen molar-refractivity contribution in [3.05, 3.63) is 71.8 Å². The molecule has 0 radical (unpaired) electrons. The summed E-state index contributed by atoms with van der Waals surface area (Å²) in [4.78, 5) is 0. The first kappa shape index (κ1) is 12.6. The second-order valence-electron chi connectivity index (χ2n) is 4.59. The lowest BCUT2D eigenvalue weighted by molar-refractivity contribution is 1.16. The van der Waals surface area contributed by atoms with Crippen molar-refractivity contribution in [1.82, 2.24) is 0 Å². The van der Waals surface area contributed by atoms with Gasteiger partial charge in [-0.25, -0.2) is 0 Å². The van der Waals surface area contributed by atoms with Gasteiger partial charge in [0.05, 0.1) is 0 Å². The standard InChI is InChI=1S/C18H20/c1-3-4-6-9-16-12-13-18(14-15(16)2)17-10-7-5-8-11-17/h4-8,10-14H,3,9H2,1-2H3/b6-4+. The number of rotatable bonds is 4. The minimum atomic E-state index is 1.04. The normalized spacial score (nSPS) is 11.0. The van der Waals surface area contributed by atoms with Gasteiger partial charge in [0.15, 0.2) is 0 Å². The molecular weight excluding hydrogens is 216 g/mol. The molecule has 0 bridgehead atoms. The van der Waals surface area contributed by atoms with E-state index in [0.717, 1.165) is 12.8 Å². The Balaban J connectivity index is 2.22.